The predicted molar refractivity (Wildman–Crippen MR) is 82.5 cm³/mol. The van der Waals surface area contributed by atoms with E-state index in [0.717, 1.165) is 45.1 Å². The zero-order valence-electron chi connectivity index (χ0n) is 13.6. The summed E-state index contributed by atoms with van der Waals surface area (Å²) in [5.41, 5.74) is -0.674. The lowest BCUT2D eigenvalue weighted by molar-refractivity contribution is -0.147. The highest BCUT2D eigenvalue weighted by atomic mass is 16.5. The molecule has 122 valence electrons. The number of rotatable bonds is 9. The number of likely N-dealkylation sites (N-methyl/N-ethyl adjacent to an activating group) is 1. The third kappa shape index (κ3) is 3.96. The van der Waals surface area contributed by atoms with E-state index in [1.165, 1.54) is 0 Å². The van der Waals surface area contributed by atoms with Gasteiger partial charge in [-0.25, -0.2) is 0 Å². The van der Waals surface area contributed by atoms with Crippen molar-refractivity contribution < 1.29 is 14.6 Å². The summed E-state index contributed by atoms with van der Waals surface area (Å²) in [6, 6.07) is 0.805. The SMILES string of the molecule is COCC(C)N(C)CCC1CCCC1(NC1CC1)C(=O)O. The number of hydrogen-bond acceptors (Lipinski definition) is 4. The van der Waals surface area contributed by atoms with Gasteiger partial charge in [0, 0.05) is 19.2 Å². The van der Waals surface area contributed by atoms with E-state index >= 15 is 0 Å². The number of ether oxygens (including phenoxy) is 1. The summed E-state index contributed by atoms with van der Waals surface area (Å²) in [6.45, 7) is 3.78. The highest BCUT2D eigenvalue weighted by molar-refractivity contribution is 5.80. The van der Waals surface area contributed by atoms with Crippen LogP contribution in [-0.2, 0) is 9.53 Å². The standard InChI is InChI=1S/C16H30N2O3/c1-12(11-21-3)18(2)10-8-13-5-4-9-16(13,15(19)20)17-14-6-7-14/h12-14,17H,4-11H2,1-3H3,(H,19,20). The molecule has 0 radical (unpaired) electrons. The first-order valence-corrected chi connectivity index (χ1v) is 8.20. The number of carbonyl (C=O) groups is 1. The van der Waals surface area contributed by atoms with E-state index in [-0.39, 0.29) is 5.92 Å². The van der Waals surface area contributed by atoms with Gasteiger partial charge in [0.05, 0.1) is 6.61 Å². The van der Waals surface area contributed by atoms with Gasteiger partial charge in [0.15, 0.2) is 0 Å². The van der Waals surface area contributed by atoms with Gasteiger partial charge in [0.25, 0.3) is 0 Å². The summed E-state index contributed by atoms with van der Waals surface area (Å²) in [7, 11) is 3.81. The molecule has 3 unspecified atom stereocenters. The van der Waals surface area contributed by atoms with Crippen molar-refractivity contribution in [1.82, 2.24) is 10.2 Å². The Bertz CT molecular complexity index is 359. The van der Waals surface area contributed by atoms with Crippen molar-refractivity contribution in [3.05, 3.63) is 0 Å². The van der Waals surface area contributed by atoms with E-state index in [0.29, 0.717) is 18.7 Å². The first-order chi connectivity index (χ1) is 9.99. The molecule has 0 saturated heterocycles. The first-order valence-electron chi connectivity index (χ1n) is 8.20. The molecule has 5 heteroatoms. The molecule has 2 fully saturated rings. The van der Waals surface area contributed by atoms with Gasteiger partial charge in [0.1, 0.15) is 5.54 Å². The normalized spacial score (nSPS) is 30.8. The van der Waals surface area contributed by atoms with E-state index < -0.39 is 11.5 Å². The molecule has 0 bridgehead atoms. The summed E-state index contributed by atoms with van der Waals surface area (Å²) in [4.78, 5) is 14.2. The second-order valence-electron chi connectivity index (χ2n) is 6.86. The fourth-order valence-electron chi connectivity index (χ4n) is 3.54. The molecule has 5 nitrogen and oxygen atoms in total. The molecule has 0 amide bonds. The van der Waals surface area contributed by atoms with Gasteiger partial charge < -0.3 is 14.7 Å². The van der Waals surface area contributed by atoms with Gasteiger partial charge >= 0.3 is 5.97 Å². The van der Waals surface area contributed by atoms with Crippen LogP contribution in [0.25, 0.3) is 0 Å². The van der Waals surface area contributed by atoms with E-state index in [1.54, 1.807) is 7.11 Å². The first kappa shape index (κ1) is 16.7. The number of carboxylic acids is 1. The van der Waals surface area contributed by atoms with Crippen molar-refractivity contribution in [3.63, 3.8) is 0 Å². The van der Waals surface area contributed by atoms with Gasteiger partial charge in [0.2, 0.25) is 0 Å². The minimum atomic E-state index is -0.674. The smallest absolute Gasteiger partial charge is 0.324 e. The highest BCUT2D eigenvalue weighted by Crippen LogP contribution is 2.40. The van der Waals surface area contributed by atoms with Crippen LogP contribution in [0.4, 0.5) is 0 Å². The Morgan fingerprint density at radius 2 is 2.19 bits per heavy atom. The molecule has 0 aromatic rings. The minimum absolute atomic E-state index is 0.243. The molecule has 21 heavy (non-hydrogen) atoms. The quantitative estimate of drug-likeness (QED) is 0.679. The molecule has 2 N–H and O–H groups in total. The van der Waals surface area contributed by atoms with Gasteiger partial charge in [-0.15, -0.1) is 0 Å². The van der Waals surface area contributed by atoms with Crippen LogP contribution in [0.15, 0.2) is 0 Å². The van der Waals surface area contributed by atoms with Crippen LogP contribution in [0.1, 0.15) is 45.4 Å². The number of nitrogens with one attached hydrogen (secondary N) is 1. The van der Waals surface area contributed by atoms with E-state index in [2.05, 4.69) is 24.2 Å². The fourth-order valence-corrected chi connectivity index (χ4v) is 3.54. The molecule has 2 rings (SSSR count). The molecule has 0 heterocycles. The Hall–Kier alpha value is -0.650. The lowest BCUT2D eigenvalue weighted by Crippen LogP contribution is -2.56. The maximum Gasteiger partial charge on any atom is 0.324 e. The molecule has 2 aliphatic carbocycles. The summed E-state index contributed by atoms with van der Waals surface area (Å²) in [5.74, 6) is -0.405. The minimum Gasteiger partial charge on any atom is -0.480 e. The zero-order valence-corrected chi connectivity index (χ0v) is 13.6. The molecule has 2 aliphatic rings. The Balaban J connectivity index is 1.92. The molecule has 0 aromatic heterocycles. The molecule has 0 aliphatic heterocycles. The zero-order chi connectivity index (χ0) is 15.5. The van der Waals surface area contributed by atoms with Crippen LogP contribution >= 0.6 is 0 Å². The summed E-state index contributed by atoms with van der Waals surface area (Å²) in [6.07, 6.45) is 6.03. The van der Waals surface area contributed by atoms with Gasteiger partial charge in [-0.05, 0) is 58.5 Å². The number of hydrogen-bond donors (Lipinski definition) is 2. The molecule has 0 spiro atoms. The second-order valence-corrected chi connectivity index (χ2v) is 6.86. The van der Waals surface area contributed by atoms with Crippen molar-refractivity contribution in [1.29, 1.82) is 0 Å². The average molecular weight is 298 g/mol. The van der Waals surface area contributed by atoms with E-state index in [9.17, 15) is 9.90 Å². The topological polar surface area (TPSA) is 61.8 Å². The summed E-state index contributed by atoms with van der Waals surface area (Å²) < 4.78 is 5.19. The number of nitrogens with zero attached hydrogens (tertiary/aromatic N) is 1. The van der Waals surface area contributed by atoms with Crippen LogP contribution in [0.2, 0.25) is 0 Å². The van der Waals surface area contributed by atoms with Crippen LogP contribution in [-0.4, -0.2) is 60.9 Å². The van der Waals surface area contributed by atoms with Gasteiger partial charge in [-0.2, -0.15) is 0 Å². The van der Waals surface area contributed by atoms with Crippen LogP contribution in [0, 0.1) is 5.92 Å². The highest BCUT2D eigenvalue weighted by Gasteiger charge is 2.51. The summed E-state index contributed by atoms with van der Waals surface area (Å²) >= 11 is 0. The third-order valence-corrected chi connectivity index (χ3v) is 5.23. The van der Waals surface area contributed by atoms with Crippen molar-refractivity contribution >= 4 is 5.97 Å². The molecule has 0 aromatic carbocycles. The van der Waals surface area contributed by atoms with Crippen molar-refractivity contribution in [2.24, 2.45) is 5.92 Å². The fraction of sp³-hybridized carbons (Fsp3) is 0.938. The van der Waals surface area contributed by atoms with Crippen molar-refractivity contribution in [3.8, 4) is 0 Å². The van der Waals surface area contributed by atoms with Crippen molar-refractivity contribution in [2.45, 2.75) is 63.1 Å². The second kappa shape index (κ2) is 7.07. The largest absolute Gasteiger partial charge is 0.480 e. The number of carboxylic acid groups (broad SMARTS) is 1. The average Bonchev–Trinajstić information content (AvgIpc) is 3.15. The summed E-state index contributed by atoms with van der Waals surface area (Å²) in [5, 5.41) is 13.2. The Morgan fingerprint density at radius 3 is 2.76 bits per heavy atom. The molecular weight excluding hydrogens is 268 g/mol. The third-order valence-electron chi connectivity index (χ3n) is 5.23. The Kier molecular flexibility index (Phi) is 5.63. The number of methoxy groups -OCH3 is 1. The van der Waals surface area contributed by atoms with E-state index in [4.69, 9.17) is 4.74 Å². The molecular formula is C16H30N2O3. The maximum absolute atomic E-state index is 11.9. The van der Waals surface area contributed by atoms with Crippen LogP contribution in [0.5, 0.6) is 0 Å². The van der Waals surface area contributed by atoms with Crippen molar-refractivity contribution in [2.75, 3.05) is 27.3 Å². The monoisotopic (exact) mass is 298 g/mol. The Labute approximate surface area is 128 Å². The molecule has 2 saturated carbocycles. The molecule has 3 atom stereocenters. The lowest BCUT2D eigenvalue weighted by atomic mass is 9.84. The van der Waals surface area contributed by atoms with Crippen LogP contribution < -0.4 is 5.32 Å². The lowest BCUT2D eigenvalue weighted by Gasteiger charge is -2.34. The van der Waals surface area contributed by atoms with Crippen LogP contribution in [0.3, 0.4) is 0 Å². The van der Waals surface area contributed by atoms with Gasteiger partial charge in [-0.1, -0.05) is 6.42 Å². The van der Waals surface area contributed by atoms with E-state index in [1.807, 2.05) is 0 Å². The maximum atomic E-state index is 11.9. The number of aliphatic carboxylic acids is 1. The van der Waals surface area contributed by atoms with Gasteiger partial charge in [-0.3, -0.25) is 10.1 Å². The predicted octanol–water partition coefficient (Wildman–Crippen LogP) is 1.72. The Morgan fingerprint density at radius 1 is 1.48 bits per heavy atom.